The third kappa shape index (κ3) is 4.05. The number of nitrogen functional groups attached to an aromatic ring is 1. The number of nitrogens with two attached hydrogens (primary N) is 1. The van der Waals surface area contributed by atoms with Gasteiger partial charge in [-0.3, -0.25) is 4.90 Å². The molecule has 1 atom stereocenters. The highest BCUT2D eigenvalue weighted by atomic mass is 19.1. The molecule has 0 spiro atoms. The van der Waals surface area contributed by atoms with Gasteiger partial charge in [-0.05, 0) is 48.6 Å². The van der Waals surface area contributed by atoms with Crippen molar-refractivity contribution in [2.75, 3.05) is 43.4 Å². The maximum Gasteiger partial charge on any atom is 0.225 e. The van der Waals surface area contributed by atoms with Crippen LogP contribution in [0.4, 0.5) is 16.0 Å². The van der Waals surface area contributed by atoms with Gasteiger partial charge in [0.15, 0.2) is 17.1 Å². The number of aliphatic hydroxyl groups excluding tert-OH is 1. The molecule has 4 aromatic heterocycles. The third-order valence-electron chi connectivity index (χ3n) is 7.56. The number of halogens is 1. The number of nitrogens with zero attached hydrogens (tertiary/aromatic N) is 8. The first kappa shape index (κ1) is 23.1. The minimum absolute atomic E-state index is 0.228. The molecule has 1 aliphatic carbocycles. The van der Waals surface area contributed by atoms with Crippen molar-refractivity contribution in [3.63, 3.8) is 0 Å². The number of hydrogen-bond acceptors (Lipinski definition) is 9. The molecule has 1 saturated heterocycles. The SMILES string of the molecule is Nc1nc2c(cnn2CCN2CCN(c3ccc(C(O)C4CC4)cc3F)CC2)c2nc(-c3ccco3)nn12. The van der Waals surface area contributed by atoms with E-state index < -0.39 is 6.10 Å². The van der Waals surface area contributed by atoms with Crippen molar-refractivity contribution in [3.05, 3.63) is 54.2 Å². The molecule has 11 nitrogen and oxygen atoms in total. The molecule has 5 heterocycles. The zero-order valence-electron chi connectivity index (χ0n) is 20.7. The van der Waals surface area contributed by atoms with Crippen molar-refractivity contribution in [3.8, 4) is 11.6 Å². The summed E-state index contributed by atoms with van der Waals surface area (Å²) in [5.74, 6) is 1.23. The Morgan fingerprint density at radius 3 is 2.66 bits per heavy atom. The third-order valence-corrected chi connectivity index (χ3v) is 7.56. The maximum atomic E-state index is 14.9. The van der Waals surface area contributed by atoms with Gasteiger partial charge in [-0.1, -0.05) is 6.07 Å². The molecular formula is C26H28FN9O2. The fourth-order valence-electron chi connectivity index (χ4n) is 5.23. The van der Waals surface area contributed by atoms with Gasteiger partial charge >= 0.3 is 0 Å². The van der Waals surface area contributed by atoms with E-state index in [0.717, 1.165) is 51.0 Å². The highest BCUT2D eigenvalue weighted by Gasteiger charge is 2.31. The number of rotatable bonds is 7. The van der Waals surface area contributed by atoms with Crippen LogP contribution in [0.15, 0.2) is 47.2 Å². The van der Waals surface area contributed by atoms with Crippen molar-refractivity contribution in [1.29, 1.82) is 0 Å². The van der Waals surface area contributed by atoms with Crippen LogP contribution in [0.3, 0.4) is 0 Å². The Kier molecular flexibility index (Phi) is 5.51. The van der Waals surface area contributed by atoms with E-state index in [0.29, 0.717) is 40.7 Å². The molecule has 1 aliphatic heterocycles. The summed E-state index contributed by atoms with van der Waals surface area (Å²) in [4.78, 5) is 13.5. The largest absolute Gasteiger partial charge is 0.461 e. The van der Waals surface area contributed by atoms with Crippen molar-refractivity contribution in [2.45, 2.75) is 25.5 Å². The molecule has 0 radical (unpaired) electrons. The fraction of sp³-hybridized carbons (Fsp3) is 0.385. The van der Waals surface area contributed by atoms with Gasteiger partial charge in [0.25, 0.3) is 0 Å². The Morgan fingerprint density at radius 2 is 1.92 bits per heavy atom. The molecule has 12 heteroatoms. The summed E-state index contributed by atoms with van der Waals surface area (Å²) >= 11 is 0. The number of furan rings is 1. The van der Waals surface area contributed by atoms with Crippen molar-refractivity contribution < 1.29 is 13.9 Å². The number of anilines is 2. The first-order chi connectivity index (χ1) is 18.5. The molecule has 7 rings (SSSR count). The van der Waals surface area contributed by atoms with Gasteiger partial charge in [0.05, 0.1) is 36.2 Å². The number of hydrogen-bond donors (Lipinski definition) is 2. The molecule has 1 saturated carbocycles. The Bertz CT molecular complexity index is 1600. The van der Waals surface area contributed by atoms with E-state index in [4.69, 9.17) is 10.2 Å². The van der Waals surface area contributed by atoms with E-state index in [-0.39, 0.29) is 17.7 Å². The lowest BCUT2D eigenvalue weighted by Gasteiger charge is -2.36. The van der Waals surface area contributed by atoms with Gasteiger partial charge in [-0.15, -0.1) is 5.10 Å². The fourth-order valence-corrected chi connectivity index (χ4v) is 5.23. The van der Waals surface area contributed by atoms with E-state index in [1.807, 2.05) is 10.7 Å². The topological polar surface area (TPSA) is 127 Å². The number of piperazine rings is 1. The second-order valence-corrected chi connectivity index (χ2v) is 10.0. The minimum atomic E-state index is -0.558. The van der Waals surface area contributed by atoms with E-state index in [2.05, 4.69) is 30.0 Å². The Balaban J connectivity index is 1.02. The van der Waals surface area contributed by atoms with Crippen LogP contribution < -0.4 is 10.6 Å². The Hall–Kier alpha value is -4.03. The maximum absolute atomic E-state index is 14.9. The number of aliphatic hydroxyl groups is 1. The van der Waals surface area contributed by atoms with Gasteiger partial charge in [-0.25, -0.2) is 14.1 Å². The number of aromatic nitrogens is 6. The predicted molar refractivity (Wildman–Crippen MR) is 139 cm³/mol. The van der Waals surface area contributed by atoms with Gasteiger partial charge in [0.1, 0.15) is 5.82 Å². The first-order valence-corrected chi connectivity index (χ1v) is 12.9. The monoisotopic (exact) mass is 517 g/mol. The zero-order valence-corrected chi connectivity index (χ0v) is 20.7. The van der Waals surface area contributed by atoms with Crippen LogP contribution in [-0.4, -0.2) is 72.1 Å². The summed E-state index contributed by atoms with van der Waals surface area (Å²) in [5.41, 5.74) is 8.71. The van der Waals surface area contributed by atoms with E-state index in [1.54, 1.807) is 30.7 Å². The molecule has 2 fully saturated rings. The van der Waals surface area contributed by atoms with Crippen molar-refractivity contribution >= 4 is 28.3 Å². The molecule has 3 N–H and O–H groups in total. The lowest BCUT2D eigenvalue weighted by Crippen LogP contribution is -2.47. The summed E-state index contributed by atoms with van der Waals surface area (Å²) < 4.78 is 23.6. The van der Waals surface area contributed by atoms with Crippen LogP contribution in [0, 0.1) is 11.7 Å². The Morgan fingerprint density at radius 1 is 1.08 bits per heavy atom. The molecular weight excluding hydrogens is 489 g/mol. The minimum Gasteiger partial charge on any atom is -0.461 e. The quantitative estimate of drug-likeness (QED) is 0.335. The summed E-state index contributed by atoms with van der Waals surface area (Å²) in [5, 5.41) is 20.1. The van der Waals surface area contributed by atoms with E-state index >= 15 is 0 Å². The lowest BCUT2D eigenvalue weighted by molar-refractivity contribution is 0.153. The molecule has 0 amide bonds. The Labute approximate surface area is 217 Å². The van der Waals surface area contributed by atoms with Crippen LogP contribution in [0.25, 0.3) is 28.3 Å². The van der Waals surface area contributed by atoms with Crippen molar-refractivity contribution in [1.82, 2.24) is 34.3 Å². The van der Waals surface area contributed by atoms with Gasteiger partial charge in [-0.2, -0.15) is 14.6 Å². The van der Waals surface area contributed by atoms with Crippen molar-refractivity contribution in [2.24, 2.45) is 5.92 Å². The average molecular weight is 518 g/mol. The molecule has 5 aromatic rings. The second-order valence-electron chi connectivity index (χ2n) is 10.0. The first-order valence-electron chi connectivity index (χ1n) is 12.9. The second kappa shape index (κ2) is 9.07. The van der Waals surface area contributed by atoms with Gasteiger partial charge in [0, 0.05) is 32.7 Å². The predicted octanol–water partition coefficient (Wildman–Crippen LogP) is 2.72. The van der Waals surface area contributed by atoms with Gasteiger partial charge < -0.3 is 20.2 Å². The molecule has 1 aromatic carbocycles. The van der Waals surface area contributed by atoms with Crippen LogP contribution in [0.1, 0.15) is 24.5 Å². The number of benzene rings is 1. The molecule has 1 unspecified atom stereocenters. The van der Waals surface area contributed by atoms with E-state index in [9.17, 15) is 9.50 Å². The highest BCUT2D eigenvalue weighted by molar-refractivity contribution is 5.90. The summed E-state index contributed by atoms with van der Waals surface area (Å²) in [7, 11) is 0. The molecule has 196 valence electrons. The van der Waals surface area contributed by atoms with Crippen LogP contribution in [0.5, 0.6) is 0 Å². The van der Waals surface area contributed by atoms with Crippen LogP contribution in [-0.2, 0) is 6.54 Å². The molecule has 0 bridgehead atoms. The molecule has 2 aliphatic rings. The normalized spacial score (nSPS) is 17.6. The van der Waals surface area contributed by atoms with Gasteiger partial charge in [0.2, 0.25) is 11.8 Å². The number of fused-ring (bicyclic) bond motifs is 3. The van der Waals surface area contributed by atoms with E-state index in [1.165, 1.54) is 10.6 Å². The smallest absolute Gasteiger partial charge is 0.225 e. The highest BCUT2D eigenvalue weighted by Crippen LogP contribution is 2.41. The summed E-state index contributed by atoms with van der Waals surface area (Å²) in [6, 6.07) is 8.74. The zero-order chi connectivity index (χ0) is 25.8. The standard InChI is InChI=1S/C26H28FN9O2/c27-19-14-17(22(37)16-3-4-16)5-6-20(19)34-10-7-33(8-11-34)9-12-35-24-18(15-29-35)25-30-23(21-2-1-13-38-21)32-36(25)26(28)31-24/h1-2,5-6,13-16,22,37H,3-4,7-12H2,(H2,28,31). The van der Waals surface area contributed by atoms with Crippen LogP contribution >= 0.6 is 0 Å². The summed E-state index contributed by atoms with van der Waals surface area (Å²) in [6.45, 7) is 4.47. The van der Waals surface area contributed by atoms with Crippen LogP contribution in [0.2, 0.25) is 0 Å². The molecule has 38 heavy (non-hydrogen) atoms. The lowest BCUT2D eigenvalue weighted by atomic mass is 10.0. The summed E-state index contributed by atoms with van der Waals surface area (Å²) in [6.07, 6.45) is 4.78. The average Bonchev–Trinajstić information content (AvgIpc) is 3.28.